The lowest BCUT2D eigenvalue weighted by molar-refractivity contribution is -0.145. The van der Waals surface area contributed by atoms with Crippen molar-refractivity contribution in [2.75, 3.05) is 38.3 Å². The number of nitrogen functional groups attached to an aromatic ring is 2. The number of methoxy groups -OCH3 is 1. The SMILES string of the molecule is COCC1C(=O)N(Cc2ccc3c(N)ncnc3c2)CCN1Cc1cc2ncnc(N)c2s1. The van der Waals surface area contributed by atoms with E-state index in [1.54, 1.807) is 18.4 Å². The van der Waals surface area contributed by atoms with Gasteiger partial charge in [-0.05, 0) is 23.8 Å². The van der Waals surface area contributed by atoms with Crippen LogP contribution >= 0.6 is 11.3 Å². The lowest BCUT2D eigenvalue weighted by Crippen LogP contribution is -2.57. The van der Waals surface area contributed by atoms with E-state index in [9.17, 15) is 4.79 Å². The van der Waals surface area contributed by atoms with Crippen molar-refractivity contribution in [2.24, 2.45) is 0 Å². The number of carbonyl (C=O) groups excluding carboxylic acids is 1. The van der Waals surface area contributed by atoms with Gasteiger partial charge in [0, 0.05) is 43.6 Å². The van der Waals surface area contributed by atoms with E-state index in [2.05, 4.69) is 24.8 Å². The molecule has 33 heavy (non-hydrogen) atoms. The number of aromatic nitrogens is 4. The molecule has 11 heteroatoms. The van der Waals surface area contributed by atoms with Crippen LogP contribution in [0.2, 0.25) is 0 Å². The third kappa shape index (κ3) is 4.17. The van der Waals surface area contributed by atoms with Gasteiger partial charge in [-0.25, -0.2) is 19.9 Å². The van der Waals surface area contributed by atoms with Crippen molar-refractivity contribution in [3.63, 3.8) is 0 Å². The molecule has 1 unspecified atom stereocenters. The summed E-state index contributed by atoms with van der Waals surface area (Å²) in [5, 5.41) is 0.809. The second-order valence-electron chi connectivity index (χ2n) is 8.00. The number of nitrogens with zero attached hydrogens (tertiary/aromatic N) is 6. The molecule has 5 rings (SSSR count). The Morgan fingerprint density at radius 3 is 2.61 bits per heavy atom. The Morgan fingerprint density at radius 1 is 1.03 bits per heavy atom. The first-order valence-electron chi connectivity index (χ1n) is 10.5. The normalized spacial score (nSPS) is 17.3. The number of hydrogen-bond acceptors (Lipinski definition) is 10. The highest BCUT2D eigenvalue weighted by molar-refractivity contribution is 7.19. The zero-order valence-corrected chi connectivity index (χ0v) is 19.0. The topological polar surface area (TPSA) is 136 Å². The van der Waals surface area contributed by atoms with Crippen molar-refractivity contribution in [2.45, 2.75) is 19.1 Å². The van der Waals surface area contributed by atoms with E-state index in [-0.39, 0.29) is 11.9 Å². The number of benzene rings is 1. The quantitative estimate of drug-likeness (QED) is 0.436. The maximum atomic E-state index is 13.4. The molecule has 1 aliphatic rings. The molecule has 3 aromatic heterocycles. The Labute approximate surface area is 194 Å². The molecule has 4 N–H and O–H groups in total. The highest BCUT2D eigenvalue weighted by Gasteiger charge is 2.35. The average molecular weight is 465 g/mol. The Bertz CT molecular complexity index is 1330. The summed E-state index contributed by atoms with van der Waals surface area (Å²) in [4.78, 5) is 35.2. The van der Waals surface area contributed by atoms with Crippen LogP contribution in [-0.2, 0) is 22.6 Å². The van der Waals surface area contributed by atoms with E-state index >= 15 is 0 Å². The number of piperazine rings is 1. The molecule has 1 aliphatic heterocycles. The van der Waals surface area contributed by atoms with Gasteiger partial charge in [0.1, 0.15) is 30.3 Å². The molecule has 0 spiro atoms. The lowest BCUT2D eigenvalue weighted by atomic mass is 10.1. The maximum Gasteiger partial charge on any atom is 0.242 e. The van der Waals surface area contributed by atoms with E-state index in [0.29, 0.717) is 37.9 Å². The van der Waals surface area contributed by atoms with Crippen LogP contribution < -0.4 is 11.5 Å². The van der Waals surface area contributed by atoms with Crippen LogP contribution in [0.3, 0.4) is 0 Å². The van der Waals surface area contributed by atoms with Crippen molar-refractivity contribution in [1.82, 2.24) is 29.7 Å². The molecule has 0 bridgehead atoms. The third-order valence-corrected chi connectivity index (χ3v) is 7.00. The van der Waals surface area contributed by atoms with Gasteiger partial charge in [-0.2, -0.15) is 0 Å². The highest BCUT2D eigenvalue weighted by Crippen LogP contribution is 2.29. The van der Waals surface area contributed by atoms with Gasteiger partial charge >= 0.3 is 0 Å². The minimum atomic E-state index is -0.365. The standard InChI is InChI=1S/C22H24N8O2S/c1-32-10-18-22(31)30(8-13-2-3-15-16(6-13)25-11-27-20(15)23)5-4-29(18)9-14-7-17-19(33-14)21(24)28-12-26-17/h2-3,6-7,11-12,18H,4-5,8-10H2,1H3,(H2,23,25,27)(H2,24,26,28). The highest BCUT2D eigenvalue weighted by atomic mass is 32.1. The van der Waals surface area contributed by atoms with Crippen LogP contribution in [0.1, 0.15) is 10.4 Å². The molecule has 1 saturated heterocycles. The smallest absolute Gasteiger partial charge is 0.242 e. The molecule has 0 saturated carbocycles. The van der Waals surface area contributed by atoms with Gasteiger partial charge < -0.3 is 21.1 Å². The first kappa shape index (κ1) is 21.4. The number of amides is 1. The molecule has 10 nitrogen and oxygen atoms in total. The molecule has 1 fully saturated rings. The van der Waals surface area contributed by atoms with E-state index in [0.717, 1.165) is 38.1 Å². The van der Waals surface area contributed by atoms with E-state index in [1.807, 2.05) is 29.2 Å². The van der Waals surface area contributed by atoms with Crippen molar-refractivity contribution in [1.29, 1.82) is 0 Å². The summed E-state index contributed by atoms with van der Waals surface area (Å²) >= 11 is 1.56. The number of anilines is 2. The maximum absolute atomic E-state index is 13.4. The Balaban J connectivity index is 1.33. The monoisotopic (exact) mass is 464 g/mol. The summed E-state index contributed by atoms with van der Waals surface area (Å²) in [7, 11) is 1.62. The first-order chi connectivity index (χ1) is 16.0. The van der Waals surface area contributed by atoms with Crippen LogP contribution in [0.15, 0.2) is 36.9 Å². The zero-order valence-electron chi connectivity index (χ0n) is 18.1. The van der Waals surface area contributed by atoms with Crippen LogP contribution in [0.25, 0.3) is 21.1 Å². The van der Waals surface area contributed by atoms with Gasteiger partial charge in [-0.15, -0.1) is 11.3 Å². The van der Waals surface area contributed by atoms with Crippen molar-refractivity contribution in [3.05, 3.63) is 47.4 Å². The number of carbonyl (C=O) groups is 1. The third-order valence-electron chi connectivity index (χ3n) is 5.87. The van der Waals surface area contributed by atoms with Gasteiger partial charge in [0.25, 0.3) is 0 Å². The number of ether oxygens (including phenoxy) is 1. The summed E-state index contributed by atoms with van der Waals surface area (Å²) in [6.45, 7) is 2.80. The Morgan fingerprint density at radius 2 is 1.82 bits per heavy atom. The molecular formula is C22H24N8O2S. The number of fused-ring (bicyclic) bond motifs is 2. The Kier molecular flexibility index (Phi) is 5.75. The molecule has 4 aromatic rings. The fourth-order valence-corrected chi connectivity index (χ4v) is 5.24. The molecule has 4 heterocycles. The van der Waals surface area contributed by atoms with E-state index in [4.69, 9.17) is 16.2 Å². The van der Waals surface area contributed by atoms with Crippen LogP contribution in [0.4, 0.5) is 11.6 Å². The lowest BCUT2D eigenvalue weighted by Gasteiger charge is -2.40. The summed E-state index contributed by atoms with van der Waals surface area (Å²) in [5.41, 5.74) is 14.5. The second-order valence-corrected chi connectivity index (χ2v) is 9.13. The zero-order chi connectivity index (χ0) is 22.9. The molecule has 1 atom stereocenters. The number of hydrogen-bond donors (Lipinski definition) is 2. The van der Waals surface area contributed by atoms with Crippen molar-refractivity contribution >= 4 is 50.0 Å². The minimum absolute atomic E-state index is 0.0471. The van der Waals surface area contributed by atoms with Crippen LogP contribution in [-0.4, -0.2) is 68.5 Å². The van der Waals surface area contributed by atoms with Gasteiger partial charge in [0.05, 0.1) is 22.3 Å². The van der Waals surface area contributed by atoms with Gasteiger partial charge in [-0.1, -0.05) is 6.07 Å². The minimum Gasteiger partial charge on any atom is -0.383 e. The Hall–Kier alpha value is -3.41. The summed E-state index contributed by atoms with van der Waals surface area (Å²) in [5.74, 6) is 0.976. The molecule has 0 aliphatic carbocycles. The second kappa shape index (κ2) is 8.85. The van der Waals surface area contributed by atoms with Crippen molar-refractivity contribution in [3.8, 4) is 0 Å². The fourth-order valence-electron chi connectivity index (χ4n) is 4.21. The fraction of sp³-hybridized carbons (Fsp3) is 0.318. The van der Waals surface area contributed by atoms with Gasteiger partial charge in [0.2, 0.25) is 5.91 Å². The molecule has 1 amide bonds. The van der Waals surface area contributed by atoms with Crippen molar-refractivity contribution < 1.29 is 9.53 Å². The van der Waals surface area contributed by atoms with Crippen LogP contribution in [0, 0.1) is 0 Å². The van der Waals surface area contributed by atoms with Gasteiger partial charge in [-0.3, -0.25) is 9.69 Å². The average Bonchev–Trinajstić information content (AvgIpc) is 3.22. The van der Waals surface area contributed by atoms with E-state index < -0.39 is 0 Å². The largest absolute Gasteiger partial charge is 0.383 e. The number of thiophene rings is 1. The number of nitrogens with two attached hydrogens (primary N) is 2. The molecular weight excluding hydrogens is 440 g/mol. The summed E-state index contributed by atoms with van der Waals surface area (Å²) in [6.07, 6.45) is 2.92. The first-order valence-corrected chi connectivity index (χ1v) is 11.3. The predicted molar refractivity (Wildman–Crippen MR) is 127 cm³/mol. The van der Waals surface area contributed by atoms with Gasteiger partial charge in [0.15, 0.2) is 0 Å². The number of rotatable bonds is 6. The predicted octanol–water partition coefficient (Wildman–Crippen LogP) is 1.66. The summed E-state index contributed by atoms with van der Waals surface area (Å²) in [6, 6.07) is 7.48. The molecule has 170 valence electrons. The van der Waals surface area contributed by atoms with Crippen LogP contribution in [0.5, 0.6) is 0 Å². The molecule has 0 radical (unpaired) electrons. The van der Waals surface area contributed by atoms with E-state index in [1.165, 1.54) is 12.7 Å². The summed E-state index contributed by atoms with van der Waals surface area (Å²) < 4.78 is 6.28. The molecule has 1 aromatic carbocycles.